The van der Waals surface area contributed by atoms with E-state index in [-0.39, 0.29) is 5.97 Å². The summed E-state index contributed by atoms with van der Waals surface area (Å²) in [7, 11) is 0. The van der Waals surface area contributed by atoms with Crippen LogP contribution < -0.4 is 10.6 Å². The fourth-order valence-electron chi connectivity index (χ4n) is 3.08. The molecule has 0 saturated carbocycles. The van der Waals surface area contributed by atoms with Gasteiger partial charge in [-0.25, -0.2) is 9.78 Å². The quantitative estimate of drug-likeness (QED) is 0.593. The zero-order valence-corrected chi connectivity index (χ0v) is 15.7. The van der Waals surface area contributed by atoms with Crippen LogP contribution in [0.5, 0.6) is 0 Å². The number of hydrogen-bond donors (Lipinski definition) is 2. The lowest BCUT2D eigenvalue weighted by Gasteiger charge is -2.20. The Morgan fingerprint density at radius 1 is 1.23 bits per heavy atom. The largest absolute Gasteiger partial charge is 0.462 e. The Kier molecular flexibility index (Phi) is 6.17. The van der Waals surface area contributed by atoms with Crippen LogP contribution in [-0.2, 0) is 17.6 Å². The molecule has 0 bridgehead atoms. The Bertz CT molecular complexity index is 793. The molecule has 136 valence electrons. The van der Waals surface area contributed by atoms with Crippen molar-refractivity contribution in [2.45, 2.75) is 32.6 Å². The van der Waals surface area contributed by atoms with Gasteiger partial charge in [0, 0.05) is 11.4 Å². The summed E-state index contributed by atoms with van der Waals surface area (Å²) in [6.45, 7) is 2.67. The molecule has 1 aliphatic carbocycles. The predicted molar refractivity (Wildman–Crippen MR) is 108 cm³/mol. The van der Waals surface area contributed by atoms with Crippen LogP contribution in [0.1, 0.15) is 41.4 Å². The number of para-hydroxylation sites is 1. The standard InChI is InChI=1S/C20H23N3O2S/c1-2-25-20(24)16-12-18(22-17-11-7-6-10-15(16)17)23-19(26)13-21-14-8-4-3-5-9-14/h3-5,8-9,12,21H,2,6-7,10-11,13H2,1H3,(H,22,23,26). The van der Waals surface area contributed by atoms with E-state index >= 15 is 0 Å². The second-order valence-corrected chi connectivity index (χ2v) is 6.67. The van der Waals surface area contributed by atoms with E-state index in [1.807, 2.05) is 37.3 Å². The smallest absolute Gasteiger partial charge is 0.338 e. The molecule has 0 fully saturated rings. The van der Waals surface area contributed by atoms with Crippen molar-refractivity contribution in [3.05, 3.63) is 53.2 Å². The van der Waals surface area contributed by atoms with Crippen LogP contribution >= 0.6 is 12.2 Å². The van der Waals surface area contributed by atoms with Crippen LogP contribution in [0.3, 0.4) is 0 Å². The van der Waals surface area contributed by atoms with Crippen LogP contribution in [0.2, 0.25) is 0 Å². The molecule has 0 unspecified atom stereocenters. The number of rotatable bonds is 6. The maximum Gasteiger partial charge on any atom is 0.338 e. The van der Waals surface area contributed by atoms with Crippen LogP contribution in [0.4, 0.5) is 11.5 Å². The topological polar surface area (TPSA) is 63.2 Å². The maximum atomic E-state index is 12.3. The van der Waals surface area contributed by atoms with E-state index in [4.69, 9.17) is 17.0 Å². The Balaban J connectivity index is 1.73. The number of pyridine rings is 1. The molecule has 6 heteroatoms. The molecular weight excluding hydrogens is 346 g/mol. The fourth-order valence-corrected chi connectivity index (χ4v) is 3.26. The van der Waals surface area contributed by atoms with E-state index in [1.165, 1.54) is 0 Å². The zero-order chi connectivity index (χ0) is 18.4. The second-order valence-electron chi connectivity index (χ2n) is 6.18. The molecular formula is C20H23N3O2S. The molecule has 0 atom stereocenters. The number of ether oxygens (including phenoxy) is 1. The van der Waals surface area contributed by atoms with Crippen molar-refractivity contribution in [1.82, 2.24) is 4.98 Å². The van der Waals surface area contributed by atoms with Crippen molar-refractivity contribution in [1.29, 1.82) is 0 Å². The SMILES string of the molecule is CCOC(=O)c1cc(NC(=S)CNc2ccccc2)nc2c1CCCC2. The molecule has 1 aliphatic rings. The first-order chi connectivity index (χ1) is 12.7. The molecule has 1 aromatic heterocycles. The zero-order valence-electron chi connectivity index (χ0n) is 14.9. The number of carbonyl (C=O) groups excluding carboxylic acids is 1. The number of hydrogen-bond acceptors (Lipinski definition) is 5. The lowest BCUT2D eigenvalue weighted by Crippen LogP contribution is -2.22. The van der Waals surface area contributed by atoms with Gasteiger partial charge in [0.2, 0.25) is 0 Å². The molecule has 0 spiro atoms. The Hall–Kier alpha value is -2.47. The highest BCUT2D eigenvalue weighted by molar-refractivity contribution is 7.80. The van der Waals surface area contributed by atoms with E-state index in [9.17, 15) is 4.79 Å². The van der Waals surface area contributed by atoms with Crippen molar-refractivity contribution in [3.63, 3.8) is 0 Å². The van der Waals surface area contributed by atoms with Gasteiger partial charge in [-0.05, 0) is 56.4 Å². The number of thiocarbonyl (C=S) groups is 1. The average Bonchev–Trinajstić information content (AvgIpc) is 2.67. The summed E-state index contributed by atoms with van der Waals surface area (Å²) in [6.07, 6.45) is 3.92. The first kappa shape index (κ1) is 18.3. The third-order valence-corrected chi connectivity index (χ3v) is 4.54. The molecule has 0 saturated heterocycles. The third kappa shape index (κ3) is 4.58. The Morgan fingerprint density at radius 3 is 2.77 bits per heavy atom. The van der Waals surface area contributed by atoms with Gasteiger partial charge < -0.3 is 15.4 Å². The van der Waals surface area contributed by atoms with Crippen LogP contribution in [0.25, 0.3) is 0 Å². The van der Waals surface area contributed by atoms with Crippen molar-refractivity contribution in [3.8, 4) is 0 Å². The summed E-state index contributed by atoms with van der Waals surface area (Å²) >= 11 is 5.42. The molecule has 0 amide bonds. The first-order valence-electron chi connectivity index (χ1n) is 8.96. The van der Waals surface area contributed by atoms with Crippen molar-refractivity contribution in [2.24, 2.45) is 0 Å². The molecule has 1 aromatic carbocycles. The monoisotopic (exact) mass is 369 g/mol. The number of anilines is 2. The predicted octanol–water partition coefficient (Wildman–Crippen LogP) is 3.99. The van der Waals surface area contributed by atoms with Gasteiger partial charge in [0.25, 0.3) is 0 Å². The van der Waals surface area contributed by atoms with Crippen molar-refractivity contribution >= 4 is 34.7 Å². The van der Waals surface area contributed by atoms with Crippen LogP contribution in [0, 0.1) is 0 Å². The van der Waals surface area contributed by atoms with Crippen molar-refractivity contribution in [2.75, 3.05) is 23.8 Å². The highest BCUT2D eigenvalue weighted by atomic mass is 32.1. The number of carbonyl (C=O) groups is 1. The number of nitrogens with one attached hydrogen (secondary N) is 2. The van der Waals surface area contributed by atoms with Crippen LogP contribution in [0.15, 0.2) is 36.4 Å². The van der Waals surface area contributed by atoms with Gasteiger partial charge in [-0.15, -0.1) is 0 Å². The van der Waals surface area contributed by atoms with E-state index in [2.05, 4.69) is 15.6 Å². The lowest BCUT2D eigenvalue weighted by atomic mass is 9.92. The van der Waals surface area contributed by atoms with E-state index in [0.29, 0.717) is 29.5 Å². The van der Waals surface area contributed by atoms with Crippen molar-refractivity contribution < 1.29 is 9.53 Å². The molecule has 2 aromatic rings. The van der Waals surface area contributed by atoms with Gasteiger partial charge in [-0.2, -0.15) is 0 Å². The van der Waals surface area contributed by atoms with Gasteiger partial charge in [0.05, 0.1) is 18.7 Å². The number of nitrogens with zero attached hydrogens (tertiary/aromatic N) is 1. The molecule has 2 N–H and O–H groups in total. The van der Waals surface area contributed by atoms with Gasteiger partial charge in [0.1, 0.15) is 10.8 Å². The summed E-state index contributed by atoms with van der Waals surface area (Å²) in [5.74, 6) is 0.318. The number of aromatic nitrogens is 1. The summed E-state index contributed by atoms with van der Waals surface area (Å²) < 4.78 is 5.22. The van der Waals surface area contributed by atoms with Gasteiger partial charge >= 0.3 is 5.97 Å². The second kappa shape index (κ2) is 8.76. The molecule has 0 aliphatic heterocycles. The highest BCUT2D eigenvalue weighted by Gasteiger charge is 2.21. The summed E-state index contributed by atoms with van der Waals surface area (Å²) in [4.78, 5) is 17.6. The summed E-state index contributed by atoms with van der Waals surface area (Å²) in [5.41, 5.74) is 3.61. The van der Waals surface area contributed by atoms with Crippen LogP contribution in [-0.4, -0.2) is 29.1 Å². The number of fused-ring (bicyclic) bond motifs is 1. The molecule has 3 rings (SSSR count). The molecule has 0 radical (unpaired) electrons. The minimum absolute atomic E-state index is 0.288. The maximum absolute atomic E-state index is 12.3. The van der Waals surface area contributed by atoms with E-state index in [1.54, 1.807) is 6.07 Å². The average molecular weight is 369 g/mol. The summed E-state index contributed by atoms with van der Waals surface area (Å²) in [6, 6.07) is 11.6. The number of aryl methyl sites for hydroxylation is 1. The van der Waals surface area contributed by atoms with Gasteiger partial charge in [0.15, 0.2) is 0 Å². The lowest BCUT2D eigenvalue weighted by molar-refractivity contribution is 0.0524. The fraction of sp³-hybridized carbons (Fsp3) is 0.350. The minimum Gasteiger partial charge on any atom is -0.462 e. The van der Waals surface area contributed by atoms with E-state index in [0.717, 1.165) is 42.6 Å². The highest BCUT2D eigenvalue weighted by Crippen LogP contribution is 2.26. The minimum atomic E-state index is -0.288. The Morgan fingerprint density at radius 2 is 2.00 bits per heavy atom. The van der Waals surface area contributed by atoms with Gasteiger partial charge in [-0.3, -0.25) is 0 Å². The third-order valence-electron chi connectivity index (χ3n) is 4.29. The number of benzene rings is 1. The number of esters is 1. The van der Waals surface area contributed by atoms with E-state index < -0.39 is 0 Å². The first-order valence-corrected chi connectivity index (χ1v) is 9.37. The molecule has 26 heavy (non-hydrogen) atoms. The normalized spacial score (nSPS) is 12.8. The molecule has 1 heterocycles. The molecule has 5 nitrogen and oxygen atoms in total. The van der Waals surface area contributed by atoms with Gasteiger partial charge in [-0.1, -0.05) is 30.4 Å². The summed E-state index contributed by atoms with van der Waals surface area (Å²) in [5, 5.41) is 6.41. The Labute approximate surface area is 159 Å².